The van der Waals surface area contributed by atoms with Crippen molar-refractivity contribution in [3.63, 3.8) is 0 Å². The van der Waals surface area contributed by atoms with Crippen LogP contribution >= 0.6 is 11.6 Å². The predicted octanol–water partition coefficient (Wildman–Crippen LogP) is 4.39. The Morgan fingerprint density at radius 3 is 2.66 bits per heavy atom. The molecule has 10 heteroatoms. The summed E-state index contributed by atoms with van der Waals surface area (Å²) in [5, 5.41) is 8.18. The zero-order chi connectivity index (χ0) is 22.2. The number of aromatic nitrogens is 5. The Morgan fingerprint density at radius 1 is 1.19 bits per heavy atom. The Bertz CT molecular complexity index is 1120. The molecule has 1 N–H and O–H groups in total. The quantitative estimate of drug-likeness (QED) is 0.590. The molecule has 2 aromatic heterocycles. The Hall–Kier alpha value is -3.20. The summed E-state index contributed by atoms with van der Waals surface area (Å²) in [5.41, 5.74) is 0.967. The molecule has 0 amide bonds. The van der Waals surface area contributed by atoms with Crippen LogP contribution in [0.4, 0.5) is 16.2 Å². The number of aryl methyl sites for hydroxylation is 1. The van der Waals surface area contributed by atoms with Crippen molar-refractivity contribution in [3.8, 4) is 11.8 Å². The van der Waals surface area contributed by atoms with Crippen molar-refractivity contribution in [1.82, 2.24) is 24.7 Å². The van der Waals surface area contributed by atoms with Gasteiger partial charge < -0.3 is 15.0 Å². The van der Waals surface area contributed by atoms with E-state index in [1.54, 1.807) is 6.33 Å². The molecular weight excluding hydrogens is 433 g/mol. The van der Waals surface area contributed by atoms with Crippen molar-refractivity contribution in [2.24, 2.45) is 11.8 Å². The number of ether oxygens (including phenoxy) is 1. The van der Waals surface area contributed by atoms with Crippen molar-refractivity contribution in [3.05, 3.63) is 53.7 Å². The third kappa shape index (κ3) is 4.12. The highest BCUT2D eigenvalue weighted by molar-refractivity contribution is 6.30. The molecule has 0 radical (unpaired) electrons. The first kappa shape index (κ1) is 20.7. The van der Waals surface area contributed by atoms with E-state index >= 15 is 0 Å². The molecular formula is C22H23ClFN7O. The van der Waals surface area contributed by atoms with Gasteiger partial charge in [-0.3, -0.25) is 0 Å². The highest BCUT2D eigenvalue weighted by atomic mass is 35.5. The molecule has 1 saturated carbocycles. The van der Waals surface area contributed by atoms with E-state index in [0.717, 1.165) is 37.4 Å². The van der Waals surface area contributed by atoms with Gasteiger partial charge in [0, 0.05) is 48.2 Å². The number of benzene rings is 1. The van der Waals surface area contributed by atoms with Gasteiger partial charge in [-0.2, -0.15) is 9.67 Å². The van der Waals surface area contributed by atoms with Crippen LogP contribution in [0.15, 0.2) is 37.2 Å². The van der Waals surface area contributed by atoms with E-state index in [4.69, 9.17) is 16.3 Å². The maximum Gasteiger partial charge on any atom is 0.326 e. The summed E-state index contributed by atoms with van der Waals surface area (Å²) in [4.78, 5) is 15.5. The number of anilines is 2. The second kappa shape index (κ2) is 8.38. The minimum absolute atomic E-state index is 0.186. The summed E-state index contributed by atoms with van der Waals surface area (Å²) >= 11 is 5.92. The molecule has 1 aliphatic heterocycles. The lowest BCUT2D eigenvalue weighted by Crippen LogP contribution is -2.48. The van der Waals surface area contributed by atoms with E-state index in [2.05, 4.69) is 36.8 Å². The van der Waals surface area contributed by atoms with Crippen molar-refractivity contribution in [2.75, 3.05) is 23.3 Å². The number of piperidine rings is 1. The number of hydrogen-bond acceptors (Lipinski definition) is 7. The van der Waals surface area contributed by atoms with Gasteiger partial charge in [0.25, 0.3) is 0 Å². The highest BCUT2D eigenvalue weighted by Gasteiger charge is 2.43. The molecule has 1 unspecified atom stereocenters. The third-order valence-electron chi connectivity index (χ3n) is 6.06. The number of fused-ring (bicyclic) bond motifs is 2. The molecule has 1 aliphatic carbocycles. The average molecular weight is 456 g/mol. The summed E-state index contributed by atoms with van der Waals surface area (Å²) in [6.07, 6.45) is 5.38. The SMILES string of the molecule is C=Cn1nc(NC2[C@@H]3CC[C@H]2CN(c2cc(C)ncn2)C3)nc1Oc1cc(F)cc(Cl)c1. The third-order valence-corrected chi connectivity index (χ3v) is 6.28. The van der Waals surface area contributed by atoms with E-state index < -0.39 is 5.82 Å². The average Bonchev–Trinajstić information content (AvgIpc) is 3.22. The van der Waals surface area contributed by atoms with Crippen LogP contribution in [0, 0.1) is 24.6 Å². The van der Waals surface area contributed by atoms with Crippen LogP contribution in [-0.2, 0) is 0 Å². The van der Waals surface area contributed by atoms with Crippen LogP contribution in [-0.4, -0.2) is 43.9 Å². The number of nitrogens with zero attached hydrogens (tertiary/aromatic N) is 6. The highest BCUT2D eigenvalue weighted by Crippen LogP contribution is 2.40. The largest absolute Gasteiger partial charge is 0.424 e. The first-order chi connectivity index (χ1) is 15.5. The summed E-state index contributed by atoms with van der Waals surface area (Å²) < 4.78 is 20.8. The van der Waals surface area contributed by atoms with Gasteiger partial charge in [0.15, 0.2) is 0 Å². The maximum absolute atomic E-state index is 13.6. The van der Waals surface area contributed by atoms with E-state index in [1.807, 2.05) is 13.0 Å². The zero-order valence-electron chi connectivity index (χ0n) is 17.6. The van der Waals surface area contributed by atoms with Crippen molar-refractivity contribution >= 4 is 29.6 Å². The molecule has 2 fully saturated rings. The van der Waals surface area contributed by atoms with E-state index in [-0.39, 0.29) is 22.8 Å². The molecule has 32 heavy (non-hydrogen) atoms. The fourth-order valence-electron chi connectivity index (χ4n) is 4.66. The fraction of sp³-hybridized carbons (Fsp3) is 0.364. The van der Waals surface area contributed by atoms with Gasteiger partial charge in [-0.15, -0.1) is 5.10 Å². The topological polar surface area (TPSA) is 81.0 Å². The minimum Gasteiger partial charge on any atom is -0.424 e. The van der Waals surface area contributed by atoms with Crippen LogP contribution in [0.3, 0.4) is 0 Å². The molecule has 1 saturated heterocycles. The smallest absolute Gasteiger partial charge is 0.326 e. The Morgan fingerprint density at radius 2 is 1.97 bits per heavy atom. The second-order valence-electron chi connectivity index (χ2n) is 8.24. The van der Waals surface area contributed by atoms with Gasteiger partial charge in [0.2, 0.25) is 5.95 Å². The number of rotatable bonds is 6. The van der Waals surface area contributed by atoms with Gasteiger partial charge >= 0.3 is 6.01 Å². The lowest BCUT2D eigenvalue weighted by molar-refractivity contribution is 0.374. The van der Waals surface area contributed by atoms with Gasteiger partial charge in [-0.1, -0.05) is 18.2 Å². The summed E-state index contributed by atoms with van der Waals surface area (Å²) in [5.74, 6) is 2.09. The molecule has 2 aliphatic rings. The van der Waals surface area contributed by atoms with Gasteiger partial charge in [-0.05, 0) is 43.7 Å². The molecule has 8 nitrogen and oxygen atoms in total. The molecule has 2 bridgehead atoms. The van der Waals surface area contributed by atoms with Crippen molar-refractivity contribution in [2.45, 2.75) is 25.8 Å². The van der Waals surface area contributed by atoms with E-state index in [9.17, 15) is 4.39 Å². The van der Waals surface area contributed by atoms with Crippen LogP contribution in [0.2, 0.25) is 5.02 Å². The Kier molecular flexibility index (Phi) is 5.42. The van der Waals surface area contributed by atoms with Crippen molar-refractivity contribution < 1.29 is 9.13 Å². The first-order valence-electron chi connectivity index (χ1n) is 10.5. The molecule has 3 heterocycles. The molecule has 166 valence electrons. The van der Waals surface area contributed by atoms with E-state index in [1.165, 1.54) is 29.1 Å². The predicted molar refractivity (Wildman–Crippen MR) is 120 cm³/mol. The lowest BCUT2D eigenvalue weighted by atomic mass is 9.92. The summed E-state index contributed by atoms with van der Waals surface area (Å²) in [6, 6.07) is 6.45. The molecule has 1 aromatic carbocycles. The van der Waals surface area contributed by atoms with E-state index in [0.29, 0.717) is 17.8 Å². The molecule has 3 aromatic rings. The summed E-state index contributed by atoms with van der Waals surface area (Å²) in [7, 11) is 0. The number of hydrogen-bond donors (Lipinski definition) is 1. The van der Waals surface area contributed by atoms with Gasteiger partial charge in [0.1, 0.15) is 23.7 Å². The molecule has 0 spiro atoms. The van der Waals surface area contributed by atoms with Crippen LogP contribution in [0.5, 0.6) is 11.8 Å². The monoisotopic (exact) mass is 455 g/mol. The number of halogens is 2. The second-order valence-corrected chi connectivity index (χ2v) is 8.68. The van der Waals surface area contributed by atoms with Crippen LogP contribution < -0.4 is 15.0 Å². The zero-order valence-corrected chi connectivity index (χ0v) is 18.3. The summed E-state index contributed by atoms with van der Waals surface area (Å²) in [6.45, 7) is 7.56. The maximum atomic E-state index is 13.6. The lowest BCUT2D eigenvalue weighted by Gasteiger charge is -2.38. The standard InChI is InChI=1S/C22H23ClFN7O/c1-3-31-22(32-18-8-16(23)7-17(24)9-18)28-21(29-31)27-20-14-4-5-15(20)11-30(10-14)19-6-13(2)25-12-26-19/h3,6-9,12,14-15,20H,1,4-5,10-11H2,2H3,(H,27,29)/t14-,15+,20?. The van der Waals surface area contributed by atoms with Gasteiger partial charge in [-0.25, -0.2) is 14.4 Å². The van der Waals surface area contributed by atoms with Gasteiger partial charge in [0.05, 0.1) is 0 Å². The normalized spacial score (nSPS) is 22.1. The Balaban J connectivity index is 1.31. The Labute approximate surface area is 190 Å². The van der Waals surface area contributed by atoms with Crippen molar-refractivity contribution in [1.29, 1.82) is 0 Å². The van der Waals surface area contributed by atoms with Crippen LogP contribution in [0.1, 0.15) is 18.5 Å². The number of nitrogens with one attached hydrogen (secondary N) is 1. The first-order valence-corrected chi connectivity index (χ1v) is 10.9. The van der Waals surface area contributed by atoms with Crippen LogP contribution in [0.25, 0.3) is 6.20 Å². The minimum atomic E-state index is -0.488. The molecule has 3 atom stereocenters. The molecule has 5 rings (SSSR count). The fourth-order valence-corrected chi connectivity index (χ4v) is 4.87.